The zero-order valence-electron chi connectivity index (χ0n) is 9.76. The van der Waals surface area contributed by atoms with Crippen molar-refractivity contribution in [1.82, 2.24) is 5.32 Å². The number of carbonyl (C=O) groups is 1. The number of hydrogen-bond acceptors (Lipinski definition) is 3. The first-order valence-corrected chi connectivity index (χ1v) is 5.98. The van der Waals surface area contributed by atoms with Crippen molar-refractivity contribution in [1.29, 1.82) is 0 Å². The second kappa shape index (κ2) is 5.80. The van der Waals surface area contributed by atoms with Gasteiger partial charge in [0.2, 0.25) is 0 Å². The van der Waals surface area contributed by atoms with Gasteiger partial charge in [-0.2, -0.15) is 0 Å². The summed E-state index contributed by atoms with van der Waals surface area (Å²) in [6, 6.07) is 9.41. The molecule has 1 aromatic rings. The number of amides is 1. The van der Waals surface area contributed by atoms with Gasteiger partial charge < -0.3 is 15.8 Å². The molecule has 0 radical (unpaired) electrons. The lowest BCUT2D eigenvalue weighted by atomic mass is 10.1. The monoisotopic (exact) mass is 234 g/mol. The maximum atomic E-state index is 11.5. The molecule has 0 bridgehead atoms. The first kappa shape index (κ1) is 12.1. The molecule has 0 unspecified atom stereocenters. The Hall–Kier alpha value is -1.39. The predicted molar refractivity (Wildman–Crippen MR) is 65.4 cm³/mol. The minimum Gasteiger partial charge on any atom is -0.367 e. The van der Waals surface area contributed by atoms with Crippen LogP contribution in [-0.4, -0.2) is 25.1 Å². The third kappa shape index (κ3) is 3.28. The predicted octanol–water partition coefficient (Wildman–Crippen LogP) is 0.982. The van der Waals surface area contributed by atoms with E-state index in [4.69, 9.17) is 10.5 Å². The first-order valence-electron chi connectivity index (χ1n) is 5.98. The summed E-state index contributed by atoms with van der Waals surface area (Å²) < 4.78 is 5.80. The molecule has 1 saturated heterocycles. The Labute approximate surface area is 101 Å². The molecule has 2 atom stereocenters. The van der Waals surface area contributed by atoms with E-state index in [1.165, 1.54) is 0 Å². The zero-order valence-corrected chi connectivity index (χ0v) is 9.76. The van der Waals surface area contributed by atoms with Crippen molar-refractivity contribution in [3.8, 4) is 0 Å². The van der Waals surface area contributed by atoms with E-state index in [2.05, 4.69) is 5.32 Å². The molecule has 3 N–H and O–H groups in total. The SMILES string of the molecule is NC(=O)[C@@H](O[C@@H]1CCCNC1)c1ccccc1. The van der Waals surface area contributed by atoms with Gasteiger partial charge in [0.15, 0.2) is 6.10 Å². The molecule has 4 nitrogen and oxygen atoms in total. The second-order valence-electron chi connectivity index (χ2n) is 4.30. The molecule has 1 aromatic carbocycles. The Kier molecular flexibility index (Phi) is 4.12. The number of benzene rings is 1. The van der Waals surface area contributed by atoms with Crippen LogP contribution in [0.1, 0.15) is 24.5 Å². The molecule has 1 heterocycles. The molecule has 2 rings (SSSR count). The van der Waals surface area contributed by atoms with E-state index in [0.717, 1.165) is 31.5 Å². The molecule has 0 saturated carbocycles. The maximum absolute atomic E-state index is 11.5. The van der Waals surface area contributed by atoms with Crippen LogP contribution >= 0.6 is 0 Å². The van der Waals surface area contributed by atoms with Crippen molar-refractivity contribution in [2.24, 2.45) is 5.73 Å². The fourth-order valence-electron chi connectivity index (χ4n) is 2.07. The van der Waals surface area contributed by atoms with Crippen molar-refractivity contribution in [3.05, 3.63) is 35.9 Å². The molecule has 1 aliphatic heterocycles. The van der Waals surface area contributed by atoms with E-state index in [1.807, 2.05) is 30.3 Å². The topological polar surface area (TPSA) is 64.4 Å². The number of nitrogens with two attached hydrogens (primary N) is 1. The van der Waals surface area contributed by atoms with Crippen LogP contribution in [0.15, 0.2) is 30.3 Å². The summed E-state index contributed by atoms with van der Waals surface area (Å²) in [6.07, 6.45) is 1.48. The van der Waals surface area contributed by atoms with Crippen LogP contribution in [0, 0.1) is 0 Å². The number of nitrogens with one attached hydrogen (secondary N) is 1. The molecule has 17 heavy (non-hydrogen) atoms. The van der Waals surface area contributed by atoms with Crippen molar-refractivity contribution in [2.45, 2.75) is 25.0 Å². The van der Waals surface area contributed by atoms with Crippen LogP contribution in [0.2, 0.25) is 0 Å². The van der Waals surface area contributed by atoms with Crippen molar-refractivity contribution in [3.63, 3.8) is 0 Å². The summed E-state index contributed by atoms with van der Waals surface area (Å²) in [6.45, 7) is 1.81. The second-order valence-corrected chi connectivity index (χ2v) is 4.30. The van der Waals surface area contributed by atoms with E-state index in [9.17, 15) is 4.79 Å². The molecule has 4 heteroatoms. The summed E-state index contributed by atoms with van der Waals surface area (Å²) >= 11 is 0. The highest BCUT2D eigenvalue weighted by atomic mass is 16.5. The van der Waals surface area contributed by atoms with Crippen LogP contribution in [0.5, 0.6) is 0 Å². The molecule has 0 aromatic heterocycles. The van der Waals surface area contributed by atoms with E-state index >= 15 is 0 Å². The van der Waals surface area contributed by atoms with Crippen LogP contribution in [-0.2, 0) is 9.53 Å². The van der Waals surface area contributed by atoms with Crippen LogP contribution in [0.4, 0.5) is 0 Å². The normalized spacial score (nSPS) is 22.0. The van der Waals surface area contributed by atoms with Gasteiger partial charge in [-0.25, -0.2) is 0 Å². The quantitative estimate of drug-likeness (QED) is 0.816. The summed E-state index contributed by atoms with van der Waals surface area (Å²) in [5.41, 5.74) is 6.23. The highest BCUT2D eigenvalue weighted by Crippen LogP contribution is 2.21. The largest absolute Gasteiger partial charge is 0.367 e. The van der Waals surface area contributed by atoms with Gasteiger partial charge in [0.1, 0.15) is 0 Å². The summed E-state index contributed by atoms with van der Waals surface area (Å²) in [4.78, 5) is 11.5. The van der Waals surface area contributed by atoms with Crippen LogP contribution < -0.4 is 11.1 Å². The molecular formula is C13H18N2O2. The Bertz CT molecular complexity index is 361. The van der Waals surface area contributed by atoms with Crippen LogP contribution in [0.3, 0.4) is 0 Å². The van der Waals surface area contributed by atoms with Gasteiger partial charge in [-0.15, -0.1) is 0 Å². The number of ether oxygens (including phenoxy) is 1. The number of piperidine rings is 1. The molecule has 92 valence electrons. The maximum Gasteiger partial charge on any atom is 0.251 e. The minimum atomic E-state index is -0.638. The summed E-state index contributed by atoms with van der Waals surface area (Å²) in [5, 5.41) is 3.25. The lowest BCUT2D eigenvalue weighted by molar-refractivity contribution is -0.134. The molecule has 1 fully saturated rings. The molecule has 0 spiro atoms. The number of primary amides is 1. The smallest absolute Gasteiger partial charge is 0.251 e. The van der Waals surface area contributed by atoms with Crippen molar-refractivity contribution in [2.75, 3.05) is 13.1 Å². The Morgan fingerprint density at radius 2 is 2.18 bits per heavy atom. The molecule has 0 aliphatic carbocycles. The van der Waals surface area contributed by atoms with Crippen LogP contribution in [0.25, 0.3) is 0 Å². The number of carbonyl (C=O) groups excluding carboxylic acids is 1. The highest BCUT2D eigenvalue weighted by Gasteiger charge is 2.24. The van der Waals surface area contributed by atoms with Gasteiger partial charge in [0.25, 0.3) is 5.91 Å². The van der Waals surface area contributed by atoms with E-state index < -0.39 is 12.0 Å². The van der Waals surface area contributed by atoms with Gasteiger partial charge in [-0.05, 0) is 24.9 Å². The van der Waals surface area contributed by atoms with Gasteiger partial charge in [0.05, 0.1) is 6.10 Å². The average molecular weight is 234 g/mol. The fourth-order valence-corrected chi connectivity index (χ4v) is 2.07. The fraction of sp³-hybridized carbons (Fsp3) is 0.462. The van der Waals surface area contributed by atoms with E-state index in [-0.39, 0.29) is 6.10 Å². The standard InChI is InChI=1S/C13H18N2O2/c14-13(16)12(10-5-2-1-3-6-10)17-11-7-4-8-15-9-11/h1-3,5-6,11-12,15H,4,7-9H2,(H2,14,16)/t11-,12+/m1/s1. The highest BCUT2D eigenvalue weighted by molar-refractivity contribution is 5.80. The number of rotatable bonds is 4. The number of hydrogen-bond donors (Lipinski definition) is 2. The van der Waals surface area contributed by atoms with Gasteiger partial charge >= 0.3 is 0 Å². The molecular weight excluding hydrogens is 216 g/mol. The van der Waals surface area contributed by atoms with E-state index in [1.54, 1.807) is 0 Å². The Morgan fingerprint density at radius 3 is 2.76 bits per heavy atom. The lowest BCUT2D eigenvalue weighted by Crippen LogP contribution is -2.38. The van der Waals surface area contributed by atoms with Crippen molar-refractivity contribution >= 4 is 5.91 Å². The summed E-state index contributed by atoms with van der Waals surface area (Å²) in [5.74, 6) is -0.429. The van der Waals surface area contributed by atoms with Crippen molar-refractivity contribution < 1.29 is 9.53 Å². The average Bonchev–Trinajstić information content (AvgIpc) is 2.38. The lowest BCUT2D eigenvalue weighted by Gasteiger charge is -2.26. The minimum absolute atomic E-state index is 0.0708. The third-order valence-corrected chi connectivity index (χ3v) is 2.94. The third-order valence-electron chi connectivity index (χ3n) is 2.94. The van der Waals surface area contributed by atoms with Gasteiger partial charge in [-0.3, -0.25) is 4.79 Å². The Morgan fingerprint density at radius 1 is 1.41 bits per heavy atom. The summed E-state index contributed by atoms with van der Waals surface area (Å²) in [7, 11) is 0. The first-order chi connectivity index (χ1) is 8.27. The molecule has 1 amide bonds. The van der Waals surface area contributed by atoms with E-state index in [0.29, 0.717) is 0 Å². The molecule has 1 aliphatic rings. The van der Waals surface area contributed by atoms with Gasteiger partial charge in [-0.1, -0.05) is 30.3 Å². The van der Waals surface area contributed by atoms with Gasteiger partial charge in [0, 0.05) is 6.54 Å². The zero-order chi connectivity index (χ0) is 12.1. The Balaban J connectivity index is 2.05.